The summed E-state index contributed by atoms with van der Waals surface area (Å²) < 4.78 is 11.3. The van der Waals surface area contributed by atoms with Crippen LogP contribution >= 0.6 is 0 Å². The van der Waals surface area contributed by atoms with Crippen LogP contribution < -0.4 is 14.4 Å². The summed E-state index contributed by atoms with van der Waals surface area (Å²) in [6.07, 6.45) is 2.22. The molecule has 1 heterocycles. The number of allylic oxidation sites excluding steroid dienone is 2. The van der Waals surface area contributed by atoms with Crippen molar-refractivity contribution in [3.05, 3.63) is 95.7 Å². The Bertz CT molecular complexity index is 1210. The van der Waals surface area contributed by atoms with Gasteiger partial charge in [-0.2, -0.15) is 0 Å². The third-order valence-corrected chi connectivity index (χ3v) is 6.25. The van der Waals surface area contributed by atoms with Crippen LogP contribution in [0.3, 0.4) is 0 Å². The number of rotatable bonds is 5. The van der Waals surface area contributed by atoms with Crippen molar-refractivity contribution in [1.82, 2.24) is 0 Å². The standard InChI is InChI=1S/C28H25NO4/c1-32-23-10-5-7-19(17-23)24-18-27(31)29(25-11-6-12-26(30)28(24)25)20-13-15-22(16-14-20)33-21-8-3-2-4-9-21/h2-5,7-10,13-17,24H,6,11-12,18H2,1H3. The van der Waals surface area contributed by atoms with Gasteiger partial charge in [0.05, 0.1) is 7.11 Å². The van der Waals surface area contributed by atoms with E-state index in [1.54, 1.807) is 12.0 Å². The van der Waals surface area contributed by atoms with Crippen LogP contribution in [0.5, 0.6) is 17.2 Å². The Balaban J connectivity index is 1.50. The summed E-state index contributed by atoms with van der Waals surface area (Å²) in [6, 6.07) is 24.7. The summed E-state index contributed by atoms with van der Waals surface area (Å²) in [4.78, 5) is 28.2. The van der Waals surface area contributed by atoms with Gasteiger partial charge in [-0.25, -0.2) is 0 Å². The lowest BCUT2D eigenvalue weighted by atomic mass is 9.77. The van der Waals surface area contributed by atoms with Crippen molar-refractivity contribution in [2.24, 2.45) is 0 Å². The highest BCUT2D eigenvalue weighted by Crippen LogP contribution is 2.44. The van der Waals surface area contributed by atoms with Crippen LogP contribution in [0.4, 0.5) is 5.69 Å². The smallest absolute Gasteiger partial charge is 0.232 e. The van der Waals surface area contributed by atoms with E-state index in [-0.39, 0.29) is 24.0 Å². The van der Waals surface area contributed by atoms with Gasteiger partial charge in [0.2, 0.25) is 5.91 Å². The van der Waals surface area contributed by atoms with Gasteiger partial charge in [-0.1, -0.05) is 30.3 Å². The highest BCUT2D eigenvalue weighted by Gasteiger charge is 2.39. The number of carbonyl (C=O) groups excluding carboxylic acids is 2. The van der Waals surface area contributed by atoms with E-state index in [1.165, 1.54) is 0 Å². The van der Waals surface area contributed by atoms with Crippen LogP contribution in [0.25, 0.3) is 0 Å². The molecule has 3 aromatic carbocycles. The molecular formula is C28H25NO4. The van der Waals surface area contributed by atoms with Crippen LogP contribution in [0.1, 0.15) is 37.2 Å². The first-order chi connectivity index (χ1) is 16.1. The molecule has 5 nitrogen and oxygen atoms in total. The van der Waals surface area contributed by atoms with E-state index in [9.17, 15) is 9.59 Å². The predicted octanol–water partition coefficient (Wildman–Crippen LogP) is 6.02. The number of carbonyl (C=O) groups is 2. The molecule has 5 heteroatoms. The molecule has 0 bridgehead atoms. The zero-order valence-electron chi connectivity index (χ0n) is 18.5. The molecule has 1 unspecified atom stereocenters. The maximum atomic E-state index is 13.4. The van der Waals surface area contributed by atoms with Crippen molar-refractivity contribution in [2.45, 2.75) is 31.6 Å². The number of ketones is 1. The fourth-order valence-corrected chi connectivity index (χ4v) is 4.72. The molecule has 33 heavy (non-hydrogen) atoms. The lowest BCUT2D eigenvalue weighted by Gasteiger charge is -2.38. The molecule has 1 aliphatic heterocycles. The zero-order chi connectivity index (χ0) is 22.8. The van der Waals surface area contributed by atoms with Crippen LogP contribution in [0.2, 0.25) is 0 Å². The molecule has 1 amide bonds. The molecule has 0 aromatic heterocycles. The van der Waals surface area contributed by atoms with Gasteiger partial charge >= 0.3 is 0 Å². The van der Waals surface area contributed by atoms with Crippen molar-refractivity contribution in [3.8, 4) is 17.2 Å². The van der Waals surface area contributed by atoms with Gasteiger partial charge in [-0.05, 0) is 66.9 Å². The number of amides is 1. The Labute approximate surface area is 193 Å². The van der Waals surface area contributed by atoms with Gasteiger partial charge in [-0.15, -0.1) is 0 Å². The number of hydrogen-bond acceptors (Lipinski definition) is 4. The van der Waals surface area contributed by atoms with E-state index >= 15 is 0 Å². The average Bonchev–Trinajstić information content (AvgIpc) is 2.85. The normalized spacial score (nSPS) is 18.2. The number of benzene rings is 3. The maximum Gasteiger partial charge on any atom is 0.232 e. The van der Waals surface area contributed by atoms with Gasteiger partial charge < -0.3 is 9.47 Å². The molecule has 0 saturated heterocycles. The van der Waals surface area contributed by atoms with E-state index in [1.807, 2.05) is 78.9 Å². The third-order valence-electron chi connectivity index (χ3n) is 6.25. The molecule has 166 valence electrons. The van der Waals surface area contributed by atoms with Crippen LogP contribution in [-0.2, 0) is 9.59 Å². The summed E-state index contributed by atoms with van der Waals surface area (Å²) in [5.74, 6) is 2.05. The quantitative estimate of drug-likeness (QED) is 0.488. The van der Waals surface area contributed by atoms with Crippen LogP contribution in [-0.4, -0.2) is 18.8 Å². The molecule has 0 saturated carbocycles. The summed E-state index contributed by atoms with van der Waals surface area (Å²) >= 11 is 0. The zero-order valence-corrected chi connectivity index (χ0v) is 18.5. The molecule has 3 aromatic rings. The predicted molar refractivity (Wildman–Crippen MR) is 127 cm³/mol. The Morgan fingerprint density at radius 2 is 1.55 bits per heavy atom. The molecule has 0 N–H and O–H groups in total. The van der Waals surface area contributed by atoms with Crippen LogP contribution in [0, 0.1) is 0 Å². The number of ether oxygens (including phenoxy) is 2. The first-order valence-electron chi connectivity index (χ1n) is 11.2. The highest BCUT2D eigenvalue weighted by molar-refractivity contribution is 6.07. The van der Waals surface area contributed by atoms with Crippen molar-refractivity contribution < 1.29 is 19.1 Å². The SMILES string of the molecule is COc1cccc(C2CC(=O)N(c3ccc(Oc4ccccc4)cc3)C3=C2C(=O)CCC3)c1. The van der Waals surface area contributed by atoms with Gasteiger partial charge in [-0.3, -0.25) is 14.5 Å². The Morgan fingerprint density at radius 3 is 2.30 bits per heavy atom. The fraction of sp³-hybridized carbons (Fsp3) is 0.214. The molecule has 5 rings (SSSR count). The molecule has 0 fully saturated rings. The monoisotopic (exact) mass is 439 g/mol. The van der Waals surface area contributed by atoms with Crippen molar-refractivity contribution >= 4 is 17.4 Å². The molecule has 0 spiro atoms. The Hall–Kier alpha value is -3.86. The molecule has 1 atom stereocenters. The minimum absolute atomic E-state index is 0.00648. The topological polar surface area (TPSA) is 55.8 Å². The number of methoxy groups -OCH3 is 1. The van der Waals surface area contributed by atoms with Gasteiger partial charge in [0, 0.05) is 35.7 Å². The number of Topliss-reactive ketones (excluding diaryl/α,β-unsaturated/α-hetero) is 1. The largest absolute Gasteiger partial charge is 0.497 e. The van der Waals surface area contributed by atoms with Crippen LogP contribution in [0.15, 0.2) is 90.1 Å². The third kappa shape index (κ3) is 4.14. The van der Waals surface area contributed by atoms with Crippen molar-refractivity contribution in [2.75, 3.05) is 12.0 Å². The van der Waals surface area contributed by atoms with Crippen molar-refractivity contribution in [3.63, 3.8) is 0 Å². The molecular weight excluding hydrogens is 414 g/mol. The Morgan fingerprint density at radius 1 is 0.818 bits per heavy atom. The summed E-state index contributed by atoms with van der Waals surface area (Å²) in [7, 11) is 1.62. The number of para-hydroxylation sites is 1. The minimum atomic E-state index is -0.243. The molecule has 1 aliphatic carbocycles. The number of hydrogen-bond donors (Lipinski definition) is 0. The highest BCUT2D eigenvalue weighted by atomic mass is 16.5. The van der Waals surface area contributed by atoms with E-state index in [0.29, 0.717) is 18.6 Å². The molecule has 2 aliphatic rings. The second kappa shape index (κ2) is 8.94. The number of anilines is 1. The molecule has 0 radical (unpaired) electrons. The van der Waals surface area contributed by atoms with E-state index in [4.69, 9.17) is 9.47 Å². The van der Waals surface area contributed by atoms with E-state index in [2.05, 4.69) is 0 Å². The van der Waals surface area contributed by atoms with Gasteiger partial charge in [0.25, 0.3) is 0 Å². The summed E-state index contributed by atoms with van der Waals surface area (Å²) in [5.41, 5.74) is 3.29. The van der Waals surface area contributed by atoms with E-state index < -0.39 is 0 Å². The van der Waals surface area contributed by atoms with Gasteiger partial charge in [0.15, 0.2) is 5.78 Å². The average molecular weight is 440 g/mol. The summed E-state index contributed by atoms with van der Waals surface area (Å²) in [6.45, 7) is 0. The maximum absolute atomic E-state index is 13.4. The lowest BCUT2D eigenvalue weighted by molar-refractivity contribution is -0.119. The second-order valence-electron chi connectivity index (χ2n) is 8.31. The Kier molecular flexibility index (Phi) is 5.69. The second-order valence-corrected chi connectivity index (χ2v) is 8.31. The fourth-order valence-electron chi connectivity index (χ4n) is 4.72. The lowest BCUT2D eigenvalue weighted by Crippen LogP contribution is -2.40. The number of nitrogens with zero attached hydrogens (tertiary/aromatic N) is 1. The first kappa shape index (κ1) is 21.0. The van der Waals surface area contributed by atoms with Gasteiger partial charge in [0.1, 0.15) is 17.2 Å². The first-order valence-corrected chi connectivity index (χ1v) is 11.2. The summed E-state index contributed by atoms with van der Waals surface area (Å²) in [5, 5.41) is 0. The minimum Gasteiger partial charge on any atom is -0.497 e. The van der Waals surface area contributed by atoms with Crippen molar-refractivity contribution in [1.29, 1.82) is 0 Å². The van der Waals surface area contributed by atoms with E-state index in [0.717, 1.165) is 40.4 Å².